The van der Waals surface area contributed by atoms with Crippen LogP contribution >= 0.6 is 0 Å². The van der Waals surface area contributed by atoms with Crippen LogP contribution in [0.1, 0.15) is 57.2 Å². The molecule has 1 aromatic heterocycles. The molecule has 0 spiro atoms. The number of rotatable bonds is 4. The minimum atomic E-state index is 0.143. The number of hydrogen-bond acceptors (Lipinski definition) is 5. The quantitative estimate of drug-likeness (QED) is 0.869. The molecule has 0 bridgehead atoms. The van der Waals surface area contributed by atoms with Crippen molar-refractivity contribution in [1.29, 1.82) is 0 Å². The van der Waals surface area contributed by atoms with Crippen LogP contribution in [0.15, 0.2) is 4.52 Å². The third-order valence-corrected chi connectivity index (χ3v) is 3.16. The molecule has 1 aliphatic rings. The molecule has 5 nitrogen and oxygen atoms in total. The van der Waals surface area contributed by atoms with Gasteiger partial charge in [-0.1, -0.05) is 31.8 Å². The van der Waals surface area contributed by atoms with Crippen LogP contribution in [0, 0.1) is 0 Å². The van der Waals surface area contributed by atoms with Crippen LogP contribution in [0.4, 0.5) is 0 Å². The van der Waals surface area contributed by atoms with Gasteiger partial charge in [0.2, 0.25) is 5.89 Å². The van der Waals surface area contributed by atoms with Crippen LogP contribution < -0.4 is 5.73 Å². The summed E-state index contributed by atoms with van der Waals surface area (Å²) in [6, 6.07) is 0.153. The molecule has 2 N–H and O–H groups in total. The molecule has 2 rings (SSSR count). The summed E-state index contributed by atoms with van der Waals surface area (Å²) >= 11 is 0. The zero-order chi connectivity index (χ0) is 12.3. The second-order valence-electron chi connectivity index (χ2n) is 5.00. The summed E-state index contributed by atoms with van der Waals surface area (Å²) in [5, 5.41) is 3.89. The Morgan fingerprint density at radius 3 is 2.82 bits per heavy atom. The number of ether oxygens (including phenoxy) is 1. The molecule has 5 heteroatoms. The smallest absolute Gasteiger partial charge is 0.229 e. The fourth-order valence-corrected chi connectivity index (χ4v) is 2.07. The van der Waals surface area contributed by atoms with E-state index in [1.807, 2.05) is 13.8 Å². The van der Waals surface area contributed by atoms with E-state index in [9.17, 15) is 0 Å². The van der Waals surface area contributed by atoms with Crippen LogP contribution in [0.3, 0.4) is 0 Å². The highest BCUT2D eigenvalue weighted by Crippen LogP contribution is 2.20. The average molecular weight is 239 g/mol. The maximum Gasteiger partial charge on any atom is 0.229 e. The summed E-state index contributed by atoms with van der Waals surface area (Å²) in [6.45, 7) is 4.44. The van der Waals surface area contributed by atoms with Gasteiger partial charge in [0.15, 0.2) is 5.82 Å². The lowest BCUT2D eigenvalue weighted by Gasteiger charge is -2.27. The van der Waals surface area contributed by atoms with Crippen molar-refractivity contribution >= 4 is 0 Å². The van der Waals surface area contributed by atoms with Crippen molar-refractivity contribution in [2.45, 2.75) is 64.2 Å². The number of hydrogen-bond donors (Lipinski definition) is 1. The Hall–Kier alpha value is -0.940. The molecule has 1 fully saturated rings. The second-order valence-corrected chi connectivity index (χ2v) is 5.00. The molecule has 0 radical (unpaired) electrons. The highest BCUT2D eigenvalue weighted by molar-refractivity contribution is 4.89. The first kappa shape index (κ1) is 12.5. The van der Waals surface area contributed by atoms with E-state index in [2.05, 4.69) is 10.1 Å². The lowest BCUT2D eigenvalue weighted by atomic mass is 9.93. The van der Waals surface area contributed by atoms with Gasteiger partial charge in [-0.05, 0) is 12.8 Å². The average Bonchev–Trinajstić information content (AvgIpc) is 2.77. The standard InChI is InChI=1S/C12H21N3O2/c1-8(2)12-14-11(15-17-12)7-16-10-6-4-3-5-9(10)13/h8-10H,3-7,13H2,1-2H3. The predicted molar refractivity (Wildman–Crippen MR) is 63.4 cm³/mol. The van der Waals surface area contributed by atoms with Crippen molar-refractivity contribution < 1.29 is 9.26 Å². The second kappa shape index (κ2) is 5.60. The normalized spacial score (nSPS) is 25.4. The van der Waals surface area contributed by atoms with Crippen molar-refractivity contribution in [3.8, 4) is 0 Å². The largest absolute Gasteiger partial charge is 0.368 e. The van der Waals surface area contributed by atoms with Gasteiger partial charge in [-0.3, -0.25) is 0 Å². The topological polar surface area (TPSA) is 74.2 Å². The van der Waals surface area contributed by atoms with Gasteiger partial charge in [0.1, 0.15) is 6.61 Å². The Morgan fingerprint density at radius 2 is 2.18 bits per heavy atom. The molecule has 0 amide bonds. The monoisotopic (exact) mass is 239 g/mol. The van der Waals surface area contributed by atoms with E-state index in [1.54, 1.807) is 0 Å². The van der Waals surface area contributed by atoms with Crippen molar-refractivity contribution in [1.82, 2.24) is 10.1 Å². The number of aromatic nitrogens is 2. The highest BCUT2D eigenvalue weighted by Gasteiger charge is 2.23. The van der Waals surface area contributed by atoms with Gasteiger partial charge in [-0.2, -0.15) is 4.98 Å². The Balaban J connectivity index is 1.84. The van der Waals surface area contributed by atoms with Crippen LogP contribution in [-0.4, -0.2) is 22.3 Å². The first-order valence-electron chi connectivity index (χ1n) is 6.36. The SMILES string of the molecule is CC(C)c1nc(COC2CCCCC2N)no1. The zero-order valence-corrected chi connectivity index (χ0v) is 10.6. The third-order valence-electron chi connectivity index (χ3n) is 3.16. The number of nitrogens with zero attached hydrogens (tertiary/aromatic N) is 2. The maximum absolute atomic E-state index is 6.01. The summed E-state index contributed by atoms with van der Waals surface area (Å²) in [6.07, 6.45) is 4.64. The van der Waals surface area contributed by atoms with Crippen LogP contribution in [0.25, 0.3) is 0 Å². The van der Waals surface area contributed by atoms with Crippen LogP contribution in [0.5, 0.6) is 0 Å². The van der Waals surface area contributed by atoms with Gasteiger partial charge in [0.05, 0.1) is 6.10 Å². The molecule has 0 aliphatic heterocycles. The summed E-state index contributed by atoms with van der Waals surface area (Å²) in [7, 11) is 0. The van der Waals surface area contributed by atoms with Crippen LogP contribution in [-0.2, 0) is 11.3 Å². The first-order valence-corrected chi connectivity index (χ1v) is 6.36. The minimum absolute atomic E-state index is 0.143. The Kier molecular flexibility index (Phi) is 4.12. The van der Waals surface area contributed by atoms with Crippen molar-refractivity contribution in [2.75, 3.05) is 0 Å². The molecular weight excluding hydrogens is 218 g/mol. The molecule has 96 valence electrons. The lowest BCUT2D eigenvalue weighted by molar-refractivity contribution is 0.000285. The Bertz CT molecular complexity index is 351. The molecule has 2 unspecified atom stereocenters. The number of nitrogens with two attached hydrogens (primary N) is 1. The van der Waals surface area contributed by atoms with Crippen molar-refractivity contribution in [2.24, 2.45) is 5.73 Å². The van der Waals surface area contributed by atoms with Crippen LogP contribution in [0.2, 0.25) is 0 Å². The lowest BCUT2D eigenvalue weighted by Crippen LogP contribution is -2.39. The molecule has 0 saturated heterocycles. The zero-order valence-electron chi connectivity index (χ0n) is 10.6. The first-order chi connectivity index (χ1) is 8.16. The summed E-state index contributed by atoms with van der Waals surface area (Å²) in [5.41, 5.74) is 6.01. The molecular formula is C12H21N3O2. The van der Waals surface area contributed by atoms with Gasteiger partial charge in [-0.25, -0.2) is 0 Å². The molecule has 1 saturated carbocycles. The predicted octanol–water partition coefficient (Wildman–Crippen LogP) is 1.98. The molecule has 1 aromatic rings. The summed E-state index contributed by atoms with van der Waals surface area (Å²) < 4.78 is 10.9. The Labute approximate surface area is 102 Å². The molecule has 17 heavy (non-hydrogen) atoms. The molecule has 0 aromatic carbocycles. The summed E-state index contributed by atoms with van der Waals surface area (Å²) in [5.74, 6) is 1.54. The molecule has 2 atom stereocenters. The van der Waals surface area contributed by atoms with E-state index in [0.717, 1.165) is 12.8 Å². The third kappa shape index (κ3) is 3.26. The maximum atomic E-state index is 6.01. The van der Waals surface area contributed by atoms with Crippen molar-refractivity contribution in [3.63, 3.8) is 0 Å². The van der Waals surface area contributed by atoms with E-state index >= 15 is 0 Å². The van der Waals surface area contributed by atoms with E-state index in [1.165, 1.54) is 12.8 Å². The highest BCUT2D eigenvalue weighted by atomic mass is 16.5. The fourth-order valence-electron chi connectivity index (χ4n) is 2.07. The van der Waals surface area contributed by atoms with E-state index in [-0.39, 0.29) is 18.1 Å². The fraction of sp³-hybridized carbons (Fsp3) is 0.833. The van der Waals surface area contributed by atoms with E-state index in [0.29, 0.717) is 18.3 Å². The van der Waals surface area contributed by atoms with E-state index < -0.39 is 0 Å². The van der Waals surface area contributed by atoms with Gasteiger partial charge < -0.3 is 15.0 Å². The van der Waals surface area contributed by atoms with Gasteiger partial charge in [-0.15, -0.1) is 0 Å². The van der Waals surface area contributed by atoms with E-state index in [4.69, 9.17) is 15.0 Å². The molecule has 1 heterocycles. The van der Waals surface area contributed by atoms with Gasteiger partial charge >= 0.3 is 0 Å². The summed E-state index contributed by atoms with van der Waals surface area (Å²) in [4.78, 5) is 4.28. The minimum Gasteiger partial charge on any atom is -0.368 e. The van der Waals surface area contributed by atoms with Crippen molar-refractivity contribution in [3.05, 3.63) is 11.7 Å². The van der Waals surface area contributed by atoms with Gasteiger partial charge in [0.25, 0.3) is 0 Å². The molecule has 1 aliphatic carbocycles. The van der Waals surface area contributed by atoms with Gasteiger partial charge in [0, 0.05) is 12.0 Å². The Morgan fingerprint density at radius 1 is 1.41 bits per heavy atom.